The molecule has 4 unspecified atom stereocenters. The van der Waals surface area contributed by atoms with Crippen molar-refractivity contribution in [3.05, 3.63) is 220 Å². The summed E-state index contributed by atoms with van der Waals surface area (Å²) >= 11 is -5.97. The van der Waals surface area contributed by atoms with Gasteiger partial charge in [-0.05, 0) is 0 Å². The topological polar surface area (TPSA) is 0 Å². The van der Waals surface area contributed by atoms with Crippen molar-refractivity contribution in [2.24, 2.45) is 11.8 Å². The van der Waals surface area contributed by atoms with Crippen molar-refractivity contribution in [2.75, 3.05) is 0 Å². The molecule has 2 aliphatic carbocycles. The van der Waals surface area contributed by atoms with Gasteiger partial charge in [0.25, 0.3) is 0 Å². The van der Waals surface area contributed by atoms with Gasteiger partial charge in [0.15, 0.2) is 0 Å². The van der Waals surface area contributed by atoms with Crippen molar-refractivity contribution in [1.82, 2.24) is 0 Å². The van der Waals surface area contributed by atoms with Gasteiger partial charge in [0.1, 0.15) is 0 Å². The van der Waals surface area contributed by atoms with Gasteiger partial charge < -0.3 is 0 Å². The van der Waals surface area contributed by atoms with Crippen LogP contribution in [0.15, 0.2) is 187 Å². The van der Waals surface area contributed by atoms with Crippen molar-refractivity contribution in [3.8, 4) is 55.6 Å². The van der Waals surface area contributed by atoms with E-state index < -0.39 is 25.9 Å². The molecule has 0 saturated heterocycles. The molecule has 0 bridgehead atoms. The minimum atomic E-state index is -5.97. The normalized spacial score (nSPS) is 17.5. The van der Waals surface area contributed by atoms with Crippen molar-refractivity contribution in [1.29, 1.82) is 0 Å². The quantitative estimate of drug-likeness (QED) is 0.101. The van der Waals surface area contributed by atoms with Crippen molar-refractivity contribution in [3.63, 3.8) is 0 Å². The Balaban J connectivity index is 1.29. The zero-order valence-corrected chi connectivity index (χ0v) is 48.6. The summed E-state index contributed by atoms with van der Waals surface area (Å²) in [4.78, 5) is 0. The van der Waals surface area contributed by atoms with Crippen LogP contribution >= 0.6 is 17.0 Å². The zero-order valence-electron chi connectivity index (χ0n) is 43.2. The Morgan fingerprint density at radius 3 is 1.31 bits per heavy atom. The van der Waals surface area contributed by atoms with Gasteiger partial charge in [-0.2, -0.15) is 0 Å². The minimum absolute atomic E-state index is 0.192. The van der Waals surface area contributed by atoms with Crippen LogP contribution in [0.1, 0.15) is 121 Å². The molecule has 0 radical (unpaired) electrons. The first-order valence-electron chi connectivity index (χ1n) is 26.7. The van der Waals surface area contributed by atoms with Gasteiger partial charge in [-0.3, -0.25) is 0 Å². The Morgan fingerprint density at radius 1 is 0.431 bits per heavy atom. The molecule has 8 aromatic rings. The summed E-state index contributed by atoms with van der Waals surface area (Å²) < 4.78 is 0.899. The van der Waals surface area contributed by atoms with Gasteiger partial charge in [0.05, 0.1) is 0 Å². The number of rotatable bonds is 13. The Bertz CT molecular complexity index is 3270. The van der Waals surface area contributed by atoms with E-state index in [1.807, 2.05) is 0 Å². The Kier molecular flexibility index (Phi) is 13.2. The number of benzene rings is 8. The van der Waals surface area contributed by atoms with Gasteiger partial charge in [-0.25, -0.2) is 0 Å². The van der Waals surface area contributed by atoms with E-state index in [9.17, 15) is 17.0 Å². The van der Waals surface area contributed by atoms with Gasteiger partial charge in [-0.15, -0.1) is 0 Å². The second-order valence-electron chi connectivity index (χ2n) is 21.8. The first-order chi connectivity index (χ1) is 34.8. The summed E-state index contributed by atoms with van der Waals surface area (Å²) in [6.45, 7) is 18.9. The van der Waals surface area contributed by atoms with Crippen LogP contribution in [-0.2, 0) is 16.4 Å². The summed E-state index contributed by atoms with van der Waals surface area (Å²) in [5.74, 6) is 1.12. The van der Waals surface area contributed by atoms with Gasteiger partial charge in [0.2, 0.25) is 0 Å². The van der Waals surface area contributed by atoms with Gasteiger partial charge in [0, 0.05) is 0 Å². The Morgan fingerprint density at radius 2 is 0.847 bits per heavy atom. The molecule has 0 nitrogen and oxygen atoms in total. The predicted octanol–water partition coefficient (Wildman–Crippen LogP) is 17.7. The third kappa shape index (κ3) is 7.84. The van der Waals surface area contributed by atoms with E-state index in [0.29, 0.717) is 11.8 Å². The predicted molar refractivity (Wildman–Crippen MR) is 314 cm³/mol. The summed E-state index contributed by atoms with van der Waals surface area (Å²) in [6, 6.07) is 66.3. The Labute approximate surface area is 440 Å². The molecule has 11 rings (SSSR count). The molecule has 0 aromatic heterocycles. The van der Waals surface area contributed by atoms with Crippen molar-refractivity contribution in [2.45, 2.75) is 87.3 Å². The van der Waals surface area contributed by atoms with Crippen LogP contribution in [0.3, 0.4) is 0 Å². The molecular weight excluding hydrogens is 1010 g/mol. The van der Waals surface area contributed by atoms with E-state index in [0.717, 1.165) is 12.8 Å². The van der Waals surface area contributed by atoms with Gasteiger partial charge >= 0.3 is 444 Å². The molecule has 1 aliphatic heterocycles. The number of fused-ring (bicyclic) bond motifs is 5. The van der Waals surface area contributed by atoms with Crippen LogP contribution in [0.2, 0.25) is 0 Å². The standard InChI is InChI=1S/2C28H29.C12H9Si.2ClH.Zr/c2*1-5-20(4)23-17-22-15-16-25(21-11-7-6-8-12-21)28(27(22)18-23)26-14-10-9-13-24(26)19(2)3;1-3-7-11-9(5-1)10-6-2-4-8-12(10)13-11;;;/h2*6-20H,5H2,1-4H3;1-7H,13H2;2*1H;/q;;;;;+2/p-2. The second kappa shape index (κ2) is 19.3. The summed E-state index contributed by atoms with van der Waals surface area (Å²) in [7, 11) is 18.6. The second-order valence-corrected chi connectivity index (χ2v) is 44.2. The molecule has 4 heteroatoms. The first kappa shape index (κ1) is 49.1. The number of hydrogen-bond donors (Lipinski definition) is 0. The SMILES string of the molecule is CCC(C)C1=Cc2c(ccc(-c3ccccc3)c2-c2ccccc2C(C)C)[CH]1[Zr]([Cl])([Cl])([c]1cccc2c1[SiH2]c1ccccc1-2)[CH]1C(C(C)CC)=Cc2c1ccc(-c1ccccc1)c2-c1ccccc1C(C)C. The van der Waals surface area contributed by atoms with E-state index in [-0.39, 0.29) is 19.1 Å². The summed E-state index contributed by atoms with van der Waals surface area (Å²) in [6.07, 6.45) is 7.17. The molecule has 0 amide bonds. The fourth-order valence-corrected chi connectivity index (χ4v) is 41.3. The molecule has 1 heterocycles. The van der Waals surface area contributed by atoms with Crippen LogP contribution in [0.4, 0.5) is 0 Å². The molecule has 72 heavy (non-hydrogen) atoms. The monoisotopic (exact) mass is 1070 g/mol. The fraction of sp³-hybridized carbons (Fsp3) is 0.235. The van der Waals surface area contributed by atoms with Crippen LogP contribution in [-0.4, -0.2) is 9.52 Å². The van der Waals surface area contributed by atoms with Crippen molar-refractivity contribution >= 4 is 52.3 Å². The zero-order chi connectivity index (χ0) is 50.1. The van der Waals surface area contributed by atoms with E-state index in [4.69, 9.17) is 0 Å². The summed E-state index contributed by atoms with van der Waals surface area (Å²) in [5, 5.41) is 2.94. The third-order valence-electron chi connectivity index (χ3n) is 17.1. The van der Waals surface area contributed by atoms with Crippen LogP contribution in [0.5, 0.6) is 0 Å². The van der Waals surface area contributed by atoms with Crippen LogP contribution < -0.4 is 13.6 Å². The molecule has 3 aliphatic rings. The molecular formula is C68H67Cl2SiZr. The molecule has 361 valence electrons. The number of hydrogen-bond acceptors (Lipinski definition) is 0. The molecule has 0 fully saturated rings. The van der Waals surface area contributed by atoms with Crippen LogP contribution in [0.25, 0.3) is 67.8 Å². The van der Waals surface area contributed by atoms with Gasteiger partial charge in [-0.1, -0.05) is 0 Å². The molecule has 8 aromatic carbocycles. The molecule has 4 atom stereocenters. The average Bonchev–Trinajstić information content (AvgIpc) is 4.13. The van der Waals surface area contributed by atoms with Crippen LogP contribution in [0, 0.1) is 11.8 Å². The maximum absolute atomic E-state index is 9.80. The summed E-state index contributed by atoms with van der Waals surface area (Å²) in [5.41, 5.74) is 23.5. The number of halogens is 2. The molecule has 0 spiro atoms. The average molecular weight is 1070 g/mol. The number of allylic oxidation sites excluding steroid dienone is 2. The van der Waals surface area contributed by atoms with Crippen molar-refractivity contribution < 1.29 is 16.4 Å². The molecule has 0 N–H and O–H groups in total. The Hall–Kier alpha value is -5.08. The first-order valence-corrected chi connectivity index (χ1v) is 38.5. The van der Waals surface area contributed by atoms with E-state index in [1.165, 1.54) is 114 Å². The van der Waals surface area contributed by atoms with E-state index in [1.54, 1.807) is 0 Å². The van der Waals surface area contributed by atoms with E-state index >= 15 is 0 Å². The third-order valence-corrected chi connectivity index (χ3v) is 39.7. The fourth-order valence-electron chi connectivity index (χ4n) is 13.3. The molecule has 0 saturated carbocycles. The maximum atomic E-state index is 9.80. The van der Waals surface area contributed by atoms with E-state index in [2.05, 4.69) is 243 Å².